The number of hydrogen-bond donors (Lipinski definition) is 2. The van der Waals surface area contributed by atoms with Crippen LogP contribution in [0.25, 0.3) is 5.57 Å². The highest BCUT2D eigenvalue weighted by atomic mass is 16.4. The second-order valence-corrected chi connectivity index (χ2v) is 6.77. The van der Waals surface area contributed by atoms with Gasteiger partial charge in [-0.3, -0.25) is 4.79 Å². The summed E-state index contributed by atoms with van der Waals surface area (Å²) in [4.78, 5) is 12.0. The topological polar surface area (TPSA) is 57.5 Å². The van der Waals surface area contributed by atoms with E-state index in [9.17, 15) is 15.0 Å². The minimum atomic E-state index is -0.923. The molecule has 2 N–H and O–H groups in total. The number of carbonyl (C=O) groups is 1. The summed E-state index contributed by atoms with van der Waals surface area (Å²) < 4.78 is 0. The van der Waals surface area contributed by atoms with Crippen LogP contribution in [0.2, 0.25) is 0 Å². The predicted octanol–water partition coefficient (Wildman–Crippen LogP) is 3.03. The molecule has 2 bridgehead atoms. The van der Waals surface area contributed by atoms with E-state index in [-0.39, 0.29) is 0 Å². The van der Waals surface area contributed by atoms with Crippen molar-refractivity contribution < 1.29 is 15.0 Å². The fraction of sp³-hybridized carbons (Fsp3) is 0.389. The van der Waals surface area contributed by atoms with Crippen molar-refractivity contribution in [3.63, 3.8) is 0 Å². The van der Waals surface area contributed by atoms with E-state index in [2.05, 4.69) is 6.58 Å². The zero-order chi connectivity index (χ0) is 15.0. The van der Waals surface area contributed by atoms with Crippen LogP contribution in [-0.4, -0.2) is 21.8 Å². The van der Waals surface area contributed by atoms with Gasteiger partial charge in [0.2, 0.25) is 0 Å². The molecule has 4 rings (SSSR count). The summed E-state index contributed by atoms with van der Waals surface area (Å²) in [6, 6.07) is 5.97. The second kappa shape index (κ2) is 3.66. The molecule has 3 aliphatic carbocycles. The lowest BCUT2D eigenvalue weighted by Gasteiger charge is -2.36. The van der Waals surface area contributed by atoms with Crippen LogP contribution in [0, 0.1) is 12.3 Å². The van der Waals surface area contributed by atoms with Crippen molar-refractivity contribution in [2.45, 2.75) is 37.7 Å². The number of aliphatic carboxylic acids is 1. The number of aliphatic hydroxyl groups is 1. The van der Waals surface area contributed by atoms with Gasteiger partial charge >= 0.3 is 5.97 Å². The van der Waals surface area contributed by atoms with Gasteiger partial charge in [0.1, 0.15) is 0 Å². The molecule has 1 fully saturated rings. The van der Waals surface area contributed by atoms with Gasteiger partial charge in [-0.2, -0.15) is 0 Å². The van der Waals surface area contributed by atoms with Gasteiger partial charge in [0, 0.05) is 5.41 Å². The fourth-order valence-electron chi connectivity index (χ4n) is 4.81. The number of rotatable bonds is 1. The van der Waals surface area contributed by atoms with Gasteiger partial charge in [0.25, 0.3) is 0 Å². The van der Waals surface area contributed by atoms with E-state index in [0.29, 0.717) is 19.3 Å². The van der Waals surface area contributed by atoms with Crippen LogP contribution in [0.5, 0.6) is 0 Å². The second-order valence-electron chi connectivity index (χ2n) is 6.77. The lowest BCUT2D eigenvalue weighted by atomic mass is 9.68. The van der Waals surface area contributed by atoms with Crippen molar-refractivity contribution >= 4 is 11.5 Å². The Morgan fingerprint density at radius 2 is 2.19 bits per heavy atom. The zero-order valence-corrected chi connectivity index (χ0v) is 12.0. The molecule has 1 spiro atoms. The number of benzene rings is 1. The molecule has 0 aliphatic heterocycles. The summed E-state index contributed by atoms with van der Waals surface area (Å²) in [5, 5.41) is 20.6. The van der Waals surface area contributed by atoms with Crippen molar-refractivity contribution in [3.8, 4) is 0 Å². The Balaban J connectivity index is 2.04. The molecule has 21 heavy (non-hydrogen) atoms. The molecule has 1 aromatic rings. The smallest absolute Gasteiger partial charge is 0.311 e. The minimum absolute atomic E-state index is 0.482. The van der Waals surface area contributed by atoms with Crippen molar-refractivity contribution in [3.05, 3.63) is 53.1 Å². The predicted molar refractivity (Wildman–Crippen MR) is 79.9 cm³/mol. The highest BCUT2D eigenvalue weighted by Crippen LogP contribution is 2.69. The molecule has 3 nitrogen and oxygen atoms in total. The van der Waals surface area contributed by atoms with Crippen LogP contribution in [-0.2, 0) is 4.79 Å². The average Bonchev–Trinajstić information content (AvgIpc) is 2.79. The molecular weight excluding hydrogens is 264 g/mol. The summed E-state index contributed by atoms with van der Waals surface area (Å²) in [6.45, 7) is 6.00. The van der Waals surface area contributed by atoms with E-state index >= 15 is 0 Å². The molecular formula is C18H18O3. The number of aryl methyl sites for hydroxylation is 1. The maximum Gasteiger partial charge on any atom is 0.311 e. The minimum Gasteiger partial charge on any atom is -0.481 e. The SMILES string of the molecule is C=C1C[C@]23C[C@@]1(O)CC=C2c1cccc(C)c1C3C(=O)O. The number of carboxylic acid groups (broad SMARTS) is 1. The molecule has 1 unspecified atom stereocenters. The lowest BCUT2D eigenvalue weighted by Crippen LogP contribution is -2.35. The molecule has 0 heterocycles. The standard InChI is InChI=1S/C18H18O3/c1-10-4-3-5-12-13-6-7-18(21)9-17(13,8-11(18)2)15(14(10)12)16(19)20/h3-6,15,21H,2,7-9H2,1H3,(H,19,20)/t15?,17-,18-/m0/s1. The highest BCUT2D eigenvalue weighted by Gasteiger charge is 2.63. The summed E-state index contributed by atoms with van der Waals surface area (Å²) in [5.41, 5.74) is 3.46. The van der Waals surface area contributed by atoms with E-state index < -0.39 is 22.9 Å². The van der Waals surface area contributed by atoms with Gasteiger partial charge in [-0.25, -0.2) is 0 Å². The van der Waals surface area contributed by atoms with E-state index in [4.69, 9.17) is 0 Å². The molecule has 3 heteroatoms. The molecule has 1 aromatic carbocycles. The molecule has 0 aromatic heterocycles. The van der Waals surface area contributed by atoms with Crippen LogP contribution in [0.1, 0.15) is 41.9 Å². The van der Waals surface area contributed by atoms with E-state index in [0.717, 1.165) is 27.8 Å². The van der Waals surface area contributed by atoms with Gasteiger partial charge in [0.15, 0.2) is 0 Å². The third-order valence-electron chi connectivity index (χ3n) is 5.68. The Morgan fingerprint density at radius 1 is 1.43 bits per heavy atom. The first kappa shape index (κ1) is 12.8. The number of hydrogen-bond acceptors (Lipinski definition) is 2. The number of fused-ring (bicyclic) bond motifs is 3. The first-order chi connectivity index (χ1) is 9.89. The quantitative estimate of drug-likeness (QED) is 0.778. The Hall–Kier alpha value is -1.87. The Kier molecular flexibility index (Phi) is 2.24. The fourth-order valence-corrected chi connectivity index (χ4v) is 4.81. The van der Waals surface area contributed by atoms with E-state index in [1.165, 1.54) is 0 Å². The molecule has 0 saturated heterocycles. The largest absolute Gasteiger partial charge is 0.481 e. The first-order valence-corrected chi connectivity index (χ1v) is 7.33. The Bertz CT molecular complexity index is 730. The van der Waals surface area contributed by atoms with E-state index in [1.54, 1.807) is 0 Å². The summed E-state index contributed by atoms with van der Waals surface area (Å²) >= 11 is 0. The van der Waals surface area contributed by atoms with E-state index in [1.807, 2.05) is 31.2 Å². The maximum atomic E-state index is 12.0. The Labute approximate surface area is 123 Å². The monoisotopic (exact) mass is 282 g/mol. The van der Waals surface area contributed by atoms with Crippen molar-refractivity contribution in [1.82, 2.24) is 0 Å². The molecule has 108 valence electrons. The van der Waals surface area contributed by atoms with Gasteiger partial charge in [-0.15, -0.1) is 0 Å². The van der Waals surface area contributed by atoms with Gasteiger partial charge in [-0.1, -0.05) is 30.9 Å². The molecule has 3 atom stereocenters. The zero-order valence-electron chi connectivity index (χ0n) is 12.0. The van der Waals surface area contributed by atoms with Gasteiger partial charge in [0.05, 0.1) is 11.5 Å². The summed E-state index contributed by atoms with van der Waals surface area (Å²) in [6.07, 6.45) is 3.64. The maximum absolute atomic E-state index is 12.0. The first-order valence-electron chi connectivity index (χ1n) is 7.33. The van der Waals surface area contributed by atoms with Gasteiger partial charge in [-0.05, 0) is 54.0 Å². The highest BCUT2D eigenvalue weighted by molar-refractivity contribution is 5.93. The molecule has 3 aliphatic rings. The van der Waals surface area contributed by atoms with Crippen LogP contribution >= 0.6 is 0 Å². The number of allylic oxidation sites excluding steroid dienone is 1. The summed E-state index contributed by atoms with van der Waals surface area (Å²) in [5.74, 6) is -1.38. The Morgan fingerprint density at radius 3 is 2.90 bits per heavy atom. The van der Waals surface area contributed by atoms with Crippen molar-refractivity contribution in [1.29, 1.82) is 0 Å². The van der Waals surface area contributed by atoms with Crippen LogP contribution in [0.3, 0.4) is 0 Å². The van der Waals surface area contributed by atoms with Gasteiger partial charge < -0.3 is 10.2 Å². The molecule has 0 radical (unpaired) electrons. The lowest BCUT2D eigenvalue weighted by molar-refractivity contribution is -0.141. The van der Waals surface area contributed by atoms with Crippen LogP contribution in [0.4, 0.5) is 0 Å². The third-order valence-corrected chi connectivity index (χ3v) is 5.68. The van der Waals surface area contributed by atoms with Crippen molar-refractivity contribution in [2.24, 2.45) is 5.41 Å². The average molecular weight is 282 g/mol. The normalized spacial score (nSPS) is 36.2. The van der Waals surface area contributed by atoms with Crippen LogP contribution < -0.4 is 0 Å². The number of carboxylic acids is 1. The van der Waals surface area contributed by atoms with Crippen LogP contribution in [0.15, 0.2) is 36.4 Å². The third kappa shape index (κ3) is 1.35. The molecule has 1 saturated carbocycles. The summed E-state index contributed by atoms with van der Waals surface area (Å²) in [7, 11) is 0. The molecule has 0 amide bonds. The van der Waals surface area contributed by atoms with Crippen molar-refractivity contribution in [2.75, 3.05) is 0 Å².